The predicted octanol–water partition coefficient (Wildman–Crippen LogP) is 3.61. The molecule has 128 valence electrons. The van der Waals surface area contributed by atoms with E-state index in [9.17, 15) is 9.90 Å². The lowest BCUT2D eigenvalue weighted by atomic mass is 10.1. The lowest BCUT2D eigenvalue weighted by molar-refractivity contribution is -0.121. The van der Waals surface area contributed by atoms with Crippen molar-refractivity contribution in [3.05, 3.63) is 46.6 Å². The standard InChI is InChI=1S/C16H15I3N2O3/c1-21-16(23)13(20)6-8-4-11(18)15(12(19)5-8)24-9-2-3-14(22)10(17)7-9/h2-5,7,13,22H,6,20H2,1H3,(H,21,23)/t13-/m0/s1/i1D3. The highest BCUT2D eigenvalue weighted by Gasteiger charge is 2.16. The quantitative estimate of drug-likeness (QED) is 0.426. The van der Waals surface area contributed by atoms with Crippen LogP contribution in [-0.4, -0.2) is 24.0 Å². The van der Waals surface area contributed by atoms with Crippen LogP contribution in [0.1, 0.15) is 9.68 Å². The minimum Gasteiger partial charge on any atom is -0.507 e. The van der Waals surface area contributed by atoms with Gasteiger partial charge in [0.2, 0.25) is 5.91 Å². The Labute approximate surface area is 185 Å². The summed E-state index contributed by atoms with van der Waals surface area (Å²) in [5, 5.41) is 11.5. The van der Waals surface area contributed by atoms with E-state index in [1.165, 1.54) is 0 Å². The molecule has 5 nitrogen and oxygen atoms in total. The number of carbonyl (C=O) groups is 1. The molecule has 0 saturated heterocycles. The van der Waals surface area contributed by atoms with Gasteiger partial charge in [-0.25, -0.2) is 0 Å². The van der Waals surface area contributed by atoms with Gasteiger partial charge in [0.1, 0.15) is 11.5 Å². The number of carbonyl (C=O) groups excluding carboxylic acids is 1. The molecule has 1 amide bonds. The van der Waals surface area contributed by atoms with E-state index in [0.29, 0.717) is 15.1 Å². The number of nitrogens with two attached hydrogens (primary N) is 1. The second-order valence-corrected chi connectivity index (χ2v) is 8.39. The zero-order valence-electron chi connectivity index (χ0n) is 15.1. The van der Waals surface area contributed by atoms with Crippen molar-refractivity contribution < 1.29 is 18.8 Å². The van der Waals surface area contributed by atoms with E-state index in [1.807, 2.05) is 40.0 Å². The number of phenolic OH excluding ortho intramolecular Hbond substituents is 1. The molecule has 0 saturated carbocycles. The van der Waals surface area contributed by atoms with Crippen molar-refractivity contribution in [3.63, 3.8) is 0 Å². The van der Waals surface area contributed by atoms with Gasteiger partial charge < -0.3 is 20.9 Å². The minimum absolute atomic E-state index is 0.187. The Bertz CT molecular complexity index is 840. The second-order valence-electron chi connectivity index (χ2n) is 4.90. The zero-order valence-corrected chi connectivity index (χ0v) is 18.6. The molecule has 4 N–H and O–H groups in total. The first kappa shape index (κ1) is 15.9. The Morgan fingerprint density at radius 3 is 2.54 bits per heavy atom. The van der Waals surface area contributed by atoms with Crippen molar-refractivity contribution in [2.24, 2.45) is 5.73 Å². The molecule has 0 aliphatic heterocycles. The number of ether oxygens (including phenoxy) is 1. The third kappa shape index (κ3) is 5.08. The van der Waals surface area contributed by atoms with Crippen molar-refractivity contribution in [2.75, 3.05) is 6.98 Å². The Hall–Kier alpha value is -0.340. The average Bonchev–Trinajstić information content (AvgIpc) is 2.52. The molecular formula is C16H15I3N2O3. The summed E-state index contributed by atoms with van der Waals surface area (Å²) in [6.07, 6.45) is 0.200. The number of likely N-dealkylation sites (N-methyl/N-ethyl adjacent to an activating group) is 1. The van der Waals surface area contributed by atoms with Gasteiger partial charge in [-0.3, -0.25) is 4.79 Å². The fourth-order valence-electron chi connectivity index (χ4n) is 1.94. The predicted molar refractivity (Wildman–Crippen MR) is 119 cm³/mol. The van der Waals surface area contributed by atoms with Gasteiger partial charge in [0.05, 0.1) is 16.8 Å². The van der Waals surface area contributed by atoms with Crippen molar-refractivity contribution in [1.29, 1.82) is 0 Å². The molecule has 0 spiro atoms. The van der Waals surface area contributed by atoms with Gasteiger partial charge >= 0.3 is 0 Å². The first-order valence-corrected chi connectivity index (χ1v) is 9.92. The topological polar surface area (TPSA) is 84.6 Å². The van der Waals surface area contributed by atoms with Gasteiger partial charge in [-0.15, -0.1) is 0 Å². The highest BCUT2D eigenvalue weighted by Crippen LogP contribution is 2.34. The molecule has 1 atom stereocenters. The van der Waals surface area contributed by atoms with Crippen LogP contribution in [0, 0.1) is 10.7 Å². The Kier molecular flexibility index (Phi) is 5.86. The van der Waals surface area contributed by atoms with Gasteiger partial charge in [-0.1, -0.05) is 0 Å². The van der Waals surface area contributed by atoms with Gasteiger partial charge in [0.15, 0.2) is 5.75 Å². The lowest BCUT2D eigenvalue weighted by Gasteiger charge is -2.14. The molecule has 0 aromatic heterocycles. The normalized spacial score (nSPS) is 14.2. The fraction of sp³-hybridized carbons (Fsp3) is 0.188. The smallest absolute Gasteiger partial charge is 0.237 e. The lowest BCUT2D eigenvalue weighted by Crippen LogP contribution is -2.40. The van der Waals surface area contributed by atoms with Gasteiger partial charge in [0.25, 0.3) is 0 Å². The van der Waals surface area contributed by atoms with Crippen LogP contribution in [0.5, 0.6) is 17.2 Å². The maximum Gasteiger partial charge on any atom is 0.237 e. The van der Waals surface area contributed by atoms with E-state index in [2.05, 4.69) is 45.2 Å². The highest BCUT2D eigenvalue weighted by molar-refractivity contribution is 14.1. The first-order chi connectivity index (χ1) is 12.5. The largest absolute Gasteiger partial charge is 0.507 e. The molecule has 2 aromatic rings. The summed E-state index contributed by atoms with van der Waals surface area (Å²) in [7, 11) is 0. The average molecular weight is 667 g/mol. The third-order valence-corrected chi connectivity index (χ3v) is 5.58. The Morgan fingerprint density at radius 2 is 1.96 bits per heavy atom. The maximum absolute atomic E-state index is 11.9. The van der Waals surface area contributed by atoms with Crippen LogP contribution in [0.4, 0.5) is 0 Å². The van der Waals surface area contributed by atoms with Crippen molar-refractivity contribution in [2.45, 2.75) is 12.5 Å². The van der Waals surface area contributed by atoms with Crippen LogP contribution in [-0.2, 0) is 11.2 Å². The molecule has 0 bridgehead atoms. The van der Waals surface area contributed by atoms with Crippen LogP contribution in [0.15, 0.2) is 30.3 Å². The third-order valence-electron chi connectivity index (χ3n) is 3.11. The van der Waals surface area contributed by atoms with Crippen LogP contribution in [0.2, 0.25) is 0 Å². The molecule has 24 heavy (non-hydrogen) atoms. The number of phenols is 1. The molecule has 0 heterocycles. The molecule has 2 rings (SSSR count). The molecule has 0 aliphatic rings. The number of hydrogen-bond acceptors (Lipinski definition) is 4. The van der Waals surface area contributed by atoms with E-state index < -0.39 is 18.9 Å². The summed E-state index contributed by atoms with van der Waals surface area (Å²) >= 11 is 6.27. The molecule has 0 aliphatic carbocycles. The molecule has 0 unspecified atom stereocenters. The van der Waals surface area contributed by atoms with E-state index in [-0.39, 0.29) is 12.2 Å². The molecular weight excluding hydrogens is 649 g/mol. The van der Waals surface area contributed by atoms with Crippen molar-refractivity contribution in [3.8, 4) is 17.2 Å². The monoisotopic (exact) mass is 667 g/mol. The van der Waals surface area contributed by atoms with E-state index in [1.54, 1.807) is 18.2 Å². The van der Waals surface area contributed by atoms with Crippen LogP contribution in [0.3, 0.4) is 0 Å². The van der Waals surface area contributed by atoms with E-state index in [0.717, 1.165) is 12.7 Å². The number of benzene rings is 2. The van der Waals surface area contributed by atoms with Gasteiger partial charge in [0, 0.05) is 11.1 Å². The SMILES string of the molecule is [2H]C([2H])([2H])NC(=O)[C@@H](N)Cc1cc(I)c(Oc2ccc(O)c(I)c2)c(I)c1. The van der Waals surface area contributed by atoms with Crippen LogP contribution in [0.25, 0.3) is 0 Å². The minimum atomic E-state index is -2.56. The zero-order chi connectivity index (χ0) is 20.4. The Balaban J connectivity index is 2.16. The number of amides is 1. The summed E-state index contributed by atoms with van der Waals surface area (Å²) in [5.41, 5.74) is 6.62. The van der Waals surface area contributed by atoms with Gasteiger partial charge in [-0.2, -0.15) is 0 Å². The van der Waals surface area contributed by atoms with Crippen LogP contribution < -0.4 is 15.8 Å². The Morgan fingerprint density at radius 1 is 1.29 bits per heavy atom. The van der Waals surface area contributed by atoms with Crippen molar-refractivity contribution >= 4 is 73.7 Å². The molecule has 0 radical (unpaired) electrons. The molecule has 8 heteroatoms. The van der Waals surface area contributed by atoms with Crippen LogP contribution >= 0.6 is 67.8 Å². The molecule has 2 aromatic carbocycles. The second kappa shape index (κ2) is 8.85. The summed E-state index contributed by atoms with van der Waals surface area (Å²) in [6, 6.07) is 7.67. The van der Waals surface area contributed by atoms with E-state index in [4.69, 9.17) is 14.6 Å². The highest BCUT2D eigenvalue weighted by atomic mass is 127. The van der Waals surface area contributed by atoms with E-state index >= 15 is 0 Å². The summed E-state index contributed by atoms with van der Waals surface area (Å²) in [6.45, 7) is -2.56. The summed E-state index contributed by atoms with van der Waals surface area (Å²) in [5.74, 6) is 0.711. The summed E-state index contributed by atoms with van der Waals surface area (Å²) in [4.78, 5) is 11.9. The first-order valence-electron chi connectivity index (χ1n) is 8.18. The number of nitrogens with one attached hydrogen (secondary N) is 1. The number of rotatable bonds is 5. The molecule has 0 fully saturated rings. The number of halogens is 3. The fourth-order valence-corrected chi connectivity index (χ4v) is 4.54. The number of hydrogen-bond donors (Lipinski definition) is 3. The summed E-state index contributed by atoms with van der Waals surface area (Å²) < 4.78 is 29.5. The maximum atomic E-state index is 11.9. The van der Waals surface area contributed by atoms with Gasteiger partial charge in [-0.05, 0) is 110 Å². The van der Waals surface area contributed by atoms with Crippen molar-refractivity contribution in [1.82, 2.24) is 5.32 Å². The number of aromatic hydroxyl groups is 1.